The van der Waals surface area contributed by atoms with Gasteiger partial charge in [-0.25, -0.2) is 9.59 Å². The van der Waals surface area contributed by atoms with E-state index in [1.54, 1.807) is 58.7 Å². The highest BCUT2D eigenvalue weighted by Gasteiger charge is 2.25. The van der Waals surface area contributed by atoms with Crippen molar-refractivity contribution in [3.8, 4) is 0 Å². The molecule has 0 bridgehead atoms. The van der Waals surface area contributed by atoms with E-state index in [0.29, 0.717) is 70.3 Å². The van der Waals surface area contributed by atoms with E-state index in [4.69, 9.17) is 42.6 Å². The standard InChI is InChI=1S/C18H34N2O7.C12H24O3.2C8H16O2.2C8H16OS/c1-5-7-24-9-11-26-17(22)19-13-15(16(21)14(3)4)20-18(23)27-12-10-25-8-6-2;1-6-12(14-8-7-13-5)9-15-11(4)10(2)3;4*1-6(2)8(9)7(3)5-10-4/h14-15H,5-13H2,1-4H3,(H,19,22)(H,20,23);10,12H,4,6-9H2,1-3,5H3;4*6-7H,5H2,1-4H3. The molecule has 488 valence electrons. The molecule has 0 heterocycles. The third-order valence-electron chi connectivity index (χ3n) is 11.4. The number of hydrogen-bond donors (Lipinski definition) is 2. The number of amides is 2. The van der Waals surface area contributed by atoms with Gasteiger partial charge in [0.05, 0.1) is 51.5 Å². The number of rotatable bonds is 40. The number of allylic oxidation sites excluding steroid dienone is 1. The lowest BCUT2D eigenvalue weighted by Gasteiger charge is -2.19. The summed E-state index contributed by atoms with van der Waals surface area (Å²) in [4.78, 5) is 80.5. The Morgan fingerprint density at radius 3 is 1.12 bits per heavy atom. The fourth-order valence-corrected chi connectivity index (χ4v) is 7.81. The van der Waals surface area contributed by atoms with Gasteiger partial charge in [0.1, 0.15) is 49.0 Å². The van der Waals surface area contributed by atoms with Gasteiger partial charge in [0.2, 0.25) is 0 Å². The number of hydrogen-bond acceptors (Lipinski definition) is 18. The summed E-state index contributed by atoms with van der Waals surface area (Å²) in [5.74, 6) is 5.09. The Morgan fingerprint density at radius 2 is 0.805 bits per heavy atom. The molecule has 0 radical (unpaired) electrons. The number of ether oxygens (including phenoxy) is 9. The van der Waals surface area contributed by atoms with Gasteiger partial charge in [0.15, 0.2) is 5.78 Å². The quantitative estimate of drug-likeness (QED) is 0.0429. The molecular formula is C62H122N2O16S2. The van der Waals surface area contributed by atoms with Crippen molar-refractivity contribution in [2.24, 2.45) is 59.2 Å². The topological polar surface area (TPSA) is 227 Å². The second-order valence-corrected chi connectivity index (χ2v) is 23.4. The molecule has 0 spiro atoms. The van der Waals surface area contributed by atoms with Crippen LogP contribution in [0.25, 0.3) is 0 Å². The summed E-state index contributed by atoms with van der Waals surface area (Å²) in [5.41, 5.74) is 0. The summed E-state index contributed by atoms with van der Waals surface area (Å²) in [6.45, 7) is 45.5. The Hall–Kier alpha value is -3.11. The molecule has 0 aromatic carbocycles. The van der Waals surface area contributed by atoms with Crippen LogP contribution in [-0.4, -0.2) is 178 Å². The van der Waals surface area contributed by atoms with Crippen LogP contribution in [0.5, 0.6) is 0 Å². The Labute approximate surface area is 508 Å². The zero-order chi connectivity index (χ0) is 64.8. The van der Waals surface area contributed by atoms with Crippen LogP contribution in [0.1, 0.15) is 151 Å². The Balaban J connectivity index is -0.000000225. The summed E-state index contributed by atoms with van der Waals surface area (Å²) < 4.78 is 46.0. The molecule has 6 unspecified atom stereocenters. The van der Waals surface area contributed by atoms with Crippen molar-refractivity contribution in [3.05, 3.63) is 12.3 Å². The predicted molar refractivity (Wildman–Crippen MR) is 338 cm³/mol. The van der Waals surface area contributed by atoms with Gasteiger partial charge in [-0.2, -0.15) is 23.5 Å². The molecule has 2 amide bonds. The number of thioether (sulfide) groups is 2. The average molecular weight is 1220 g/mol. The van der Waals surface area contributed by atoms with E-state index in [2.05, 4.69) is 38.0 Å². The molecular weight excluding hydrogens is 1090 g/mol. The second-order valence-electron chi connectivity index (χ2n) is 21.6. The fourth-order valence-electron chi connectivity index (χ4n) is 6.48. The molecule has 0 aliphatic heterocycles. The van der Waals surface area contributed by atoms with E-state index in [0.717, 1.165) is 36.5 Å². The molecule has 0 aliphatic carbocycles. The summed E-state index contributed by atoms with van der Waals surface area (Å²) in [6.07, 6.45) is 5.48. The predicted octanol–water partition coefficient (Wildman–Crippen LogP) is 11.9. The van der Waals surface area contributed by atoms with Crippen LogP contribution in [0.3, 0.4) is 0 Å². The average Bonchev–Trinajstić information content (AvgIpc) is 3.42. The van der Waals surface area contributed by atoms with Crippen LogP contribution in [-0.2, 0) is 66.6 Å². The van der Waals surface area contributed by atoms with Crippen LogP contribution in [0.15, 0.2) is 12.3 Å². The molecule has 2 N–H and O–H groups in total. The molecule has 0 rings (SSSR count). The molecule has 0 saturated heterocycles. The molecule has 20 heteroatoms. The number of methoxy groups -OCH3 is 3. The monoisotopic (exact) mass is 1210 g/mol. The van der Waals surface area contributed by atoms with Crippen molar-refractivity contribution in [3.63, 3.8) is 0 Å². The zero-order valence-electron chi connectivity index (χ0n) is 56.0. The largest absolute Gasteiger partial charge is 0.496 e. The number of carbonyl (C=O) groups is 7. The van der Waals surface area contributed by atoms with E-state index in [1.807, 2.05) is 109 Å². The van der Waals surface area contributed by atoms with Crippen LogP contribution >= 0.6 is 23.5 Å². The first-order valence-electron chi connectivity index (χ1n) is 29.5. The normalized spacial score (nSPS) is 12.9. The zero-order valence-corrected chi connectivity index (χ0v) is 57.6. The Morgan fingerprint density at radius 1 is 0.427 bits per heavy atom. The van der Waals surface area contributed by atoms with Crippen LogP contribution in [0.2, 0.25) is 0 Å². The molecule has 0 aromatic rings. The number of carbonyl (C=O) groups excluding carboxylic acids is 7. The number of alkyl carbamates (subject to hydrolysis) is 2. The van der Waals surface area contributed by atoms with Crippen LogP contribution in [0, 0.1) is 59.2 Å². The van der Waals surface area contributed by atoms with Crippen molar-refractivity contribution in [2.45, 2.75) is 163 Å². The molecule has 0 aliphatic rings. The fraction of sp³-hybridized carbons (Fsp3) is 0.855. The second kappa shape index (κ2) is 61.0. The highest BCUT2D eigenvalue weighted by molar-refractivity contribution is 7.98. The van der Waals surface area contributed by atoms with E-state index in [9.17, 15) is 33.6 Å². The number of nitrogens with one attached hydrogen (secondary N) is 2. The van der Waals surface area contributed by atoms with Gasteiger partial charge in [-0.15, -0.1) is 0 Å². The number of ketones is 5. The highest BCUT2D eigenvalue weighted by atomic mass is 32.2. The van der Waals surface area contributed by atoms with E-state index < -0.39 is 18.2 Å². The van der Waals surface area contributed by atoms with Gasteiger partial charge in [-0.05, 0) is 31.8 Å². The lowest BCUT2D eigenvalue weighted by molar-refractivity contribution is -0.127. The SMILES string of the molecule is C=C(OCC(CC)OCCOC)C(C)C.CCCOCCOC(=O)NCC(NC(=O)OCCOCCC)C(=O)C(C)C.COCC(C)C(=O)C(C)C.COCC(C)C(=O)C(C)C.CSCC(C)C(=O)C(C)C.CSCC(C)C(=O)C(C)C. The lowest BCUT2D eigenvalue weighted by Crippen LogP contribution is -2.50. The third kappa shape index (κ3) is 57.3. The van der Waals surface area contributed by atoms with Gasteiger partial charge in [-0.3, -0.25) is 24.0 Å². The van der Waals surface area contributed by atoms with Gasteiger partial charge in [-0.1, -0.05) is 138 Å². The Bertz CT molecular complexity index is 1490. The van der Waals surface area contributed by atoms with E-state index in [-0.39, 0.29) is 103 Å². The smallest absolute Gasteiger partial charge is 0.407 e. The van der Waals surface area contributed by atoms with Crippen molar-refractivity contribution >= 4 is 64.6 Å². The molecule has 0 aromatic heterocycles. The maximum Gasteiger partial charge on any atom is 0.407 e. The van der Waals surface area contributed by atoms with Gasteiger partial charge in [0, 0.05) is 112 Å². The molecule has 18 nitrogen and oxygen atoms in total. The number of Topliss-reactive ketones (excluding diaryl/α,β-unsaturated/α-hetero) is 5. The maximum atomic E-state index is 12.2. The summed E-state index contributed by atoms with van der Waals surface area (Å²) in [6, 6.07) is -0.905. The van der Waals surface area contributed by atoms with E-state index in [1.165, 1.54) is 0 Å². The minimum atomic E-state index is -0.905. The summed E-state index contributed by atoms with van der Waals surface area (Å²) in [7, 11) is 4.90. The van der Waals surface area contributed by atoms with Crippen molar-refractivity contribution in [1.82, 2.24) is 10.6 Å². The van der Waals surface area contributed by atoms with Crippen LogP contribution in [0.4, 0.5) is 9.59 Å². The van der Waals surface area contributed by atoms with Crippen molar-refractivity contribution in [1.29, 1.82) is 0 Å². The summed E-state index contributed by atoms with van der Waals surface area (Å²) >= 11 is 3.47. The lowest BCUT2D eigenvalue weighted by atomic mass is 9.98. The minimum absolute atomic E-state index is 0.0463. The first kappa shape index (κ1) is 90.1. The van der Waals surface area contributed by atoms with Gasteiger partial charge >= 0.3 is 12.2 Å². The van der Waals surface area contributed by atoms with Crippen molar-refractivity contribution < 1.29 is 76.2 Å². The minimum Gasteiger partial charge on any atom is -0.496 e. The maximum absolute atomic E-state index is 12.2. The van der Waals surface area contributed by atoms with Gasteiger partial charge < -0.3 is 53.3 Å². The van der Waals surface area contributed by atoms with Crippen molar-refractivity contribution in [2.75, 3.05) is 125 Å². The molecule has 6 atom stereocenters. The molecule has 0 saturated carbocycles. The molecule has 82 heavy (non-hydrogen) atoms. The first-order chi connectivity index (χ1) is 38.4. The molecule has 0 fully saturated rings. The van der Waals surface area contributed by atoms with Crippen LogP contribution < -0.4 is 10.6 Å². The first-order valence-corrected chi connectivity index (χ1v) is 32.2. The third-order valence-corrected chi connectivity index (χ3v) is 13.0. The summed E-state index contributed by atoms with van der Waals surface area (Å²) in [5, 5.41) is 4.93. The Kier molecular flexibility index (Phi) is 67.0. The van der Waals surface area contributed by atoms with E-state index >= 15 is 0 Å². The highest BCUT2D eigenvalue weighted by Crippen LogP contribution is 2.13. The van der Waals surface area contributed by atoms with Gasteiger partial charge in [0.25, 0.3) is 0 Å².